The lowest BCUT2D eigenvalue weighted by atomic mass is 10.1. The maximum Gasteiger partial charge on any atom is 0.397 e. The zero-order valence-electron chi connectivity index (χ0n) is 16.6. The SMILES string of the molecule is CCCCCCCCCCCCNC(C)(C)C.CCOS(=O)(=O)O. The number of nitrogens with one attached hydrogen (secondary N) is 1. The van der Waals surface area contributed by atoms with Gasteiger partial charge in [0.1, 0.15) is 0 Å². The van der Waals surface area contributed by atoms with Crippen LogP contribution in [0.4, 0.5) is 0 Å². The molecule has 0 aliphatic carbocycles. The summed E-state index contributed by atoms with van der Waals surface area (Å²) in [7, 11) is -4.17. The fourth-order valence-corrected chi connectivity index (χ4v) is 2.52. The molecule has 0 aliphatic heterocycles. The Morgan fingerprint density at radius 1 is 0.833 bits per heavy atom. The second-order valence-corrected chi connectivity index (χ2v) is 8.28. The highest BCUT2D eigenvalue weighted by Gasteiger charge is 2.06. The van der Waals surface area contributed by atoms with Crippen molar-refractivity contribution in [1.82, 2.24) is 5.32 Å². The lowest BCUT2D eigenvalue weighted by molar-refractivity contribution is 0.283. The van der Waals surface area contributed by atoms with Gasteiger partial charge in [-0.05, 0) is 40.7 Å². The van der Waals surface area contributed by atoms with Crippen molar-refractivity contribution in [3.05, 3.63) is 0 Å². The molecule has 0 spiro atoms. The van der Waals surface area contributed by atoms with Crippen LogP contribution in [0.25, 0.3) is 0 Å². The first-order chi connectivity index (χ1) is 11.1. The minimum Gasteiger partial charge on any atom is -0.312 e. The molecule has 0 saturated carbocycles. The number of hydrogen-bond acceptors (Lipinski definition) is 4. The molecule has 0 heterocycles. The molecule has 0 atom stereocenters. The molecule has 0 fully saturated rings. The number of rotatable bonds is 13. The van der Waals surface area contributed by atoms with Gasteiger partial charge in [-0.2, -0.15) is 8.42 Å². The van der Waals surface area contributed by atoms with Gasteiger partial charge in [0, 0.05) is 5.54 Å². The van der Waals surface area contributed by atoms with E-state index in [-0.39, 0.29) is 6.61 Å². The van der Waals surface area contributed by atoms with E-state index in [1.807, 2.05) is 0 Å². The summed E-state index contributed by atoms with van der Waals surface area (Å²) in [5.74, 6) is 0. The first kappa shape index (κ1) is 26.1. The lowest BCUT2D eigenvalue weighted by Crippen LogP contribution is -2.36. The molecule has 0 saturated heterocycles. The van der Waals surface area contributed by atoms with Crippen LogP contribution in [-0.2, 0) is 14.6 Å². The molecule has 6 heteroatoms. The standard InChI is InChI=1S/C16H35N.C2H6O4S/c1-5-6-7-8-9-10-11-12-13-14-15-17-16(2,3)4;1-2-6-7(3,4)5/h17H,5-15H2,1-4H3;2H2,1H3,(H,3,4,5). The summed E-state index contributed by atoms with van der Waals surface area (Å²) in [6, 6.07) is 0. The predicted octanol–water partition coefficient (Wildman–Crippen LogP) is 5.12. The minimum atomic E-state index is -4.17. The van der Waals surface area contributed by atoms with Gasteiger partial charge in [-0.3, -0.25) is 4.55 Å². The molecular formula is C18H41NO4S. The Bertz CT molecular complexity index is 351. The molecule has 5 nitrogen and oxygen atoms in total. The summed E-state index contributed by atoms with van der Waals surface area (Å²) in [4.78, 5) is 0. The molecule has 0 bridgehead atoms. The first-order valence-electron chi connectivity index (χ1n) is 9.49. The topological polar surface area (TPSA) is 75.6 Å². The number of unbranched alkanes of at least 4 members (excludes halogenated alkanes) is 9. The Morgan fingerprint density at radius 2 is 1.25 bits per heavy atom. The van der Waals surface area contributed by atoms with Crippen molar-refractivity contribution >= 4 is 10.4 Å². The molecular weight excluding hydrogens is 326 g/mol. The molecule has 0 aromatic heterocycles. The normalized spacial score (nSPS) is 11.9. The first-order valence-corrected chi connectivity index (χ1v) is 10.9. The summed E-state index contributed by atoms with van der Waals surface area (Å²) < 4.78 is 30.7. The molecule has 0 aromatic carbocycles. The third-order valence-corrected chi connectivity index (χ3v) is 3.99. The highest BCUT2D eigenvalue weighted by molar-refractivity contribution is 7.80. The van der Waals surface area contributed by atoms with Crippen LogP contribution in [0.3, 0.4) is 0 Å². The quantitative estimate of drug-likeness (QED) is 0.349. The Morgan fingerprint density at radius 3 is 1.54 bits per heavy atom. The van der Waals surface area contributed by atoms with Crippen LogP contribution in [0.15, 0.2) is 0 Å². The van der Waals surface area contributed by atoms with Crippen LogP contribution < -0.4 is 5.32 Å². The average Bonchev–Trinajstić information content (AvgIpc) is 2.43. The molecule has 0 unspecified atom stereocenters. The summed E-state index contributed by atoms with van der Waals surface area (Å²) >= 11 is 0. The van der Waals surface area contributed by atoms with Crippen LogP contribution in [0.1, 0.15) is 98.8 Å². The maximum atomic E-state index is 9.56. The van der Waals surface area contributed by atoms with E-state index in [1.54, 1.807) is 0 Å². The smallest absolute Gasteiger partial charge is 0.312 e. The highest BCUT2D eigenvalue weighted by Crippen LogP contribution is 2.10. The highest BCUT2D eigenvalue weighted by atomic mass is 32.3. The van der Waals surface area contributed by atoms with Gasteiger partial charge < -0.3 is 5.32 Å². The van der Waals surface area contributed by atoms with Crippen molar-refractivity contribution < 1.29 is 17.2 Å². The van der Waals surface area contributed by atoms with E-state index in [9.17, 15) is 8.42 Å². The summed E-state index contributed by atoms with van der Waals surface area (Å²) in [5.41, 5.74) is 0.291. The molecule has 24 heavy (non-hydrogen) atoms. The molecule has 2 N–H and O–H groups in total. The van der Waals surface area contributed by atoms with Crippen molar-refractivity contribution in [3.8, 4) is 0 Å². The van der Waals surface area contributed by atoms with Crippen molar-refractivity contribution in [2.24, 2.45) is 0 Å². The van der Waals surface area contributed by atoms with E-state index in [0.29, 0.717) is 5.54 Å². The fraction of sp³-hybridized carbons (Fsp3) is 1.00. The summed E-state index contributed by atoms with van der Waals surface area (Å²) in [5, 5.41) is 3.55. The third-order valence-electron chi connectivity index (χ3n) is 3.45. The maximum absolute atomic E-state index is 9.56. The second-order valence-electron chi connectivity index (χ2n) is 7.19. The van der Waals surface area contributed by atoms with Gasteiger partial charge in [0.15, 0.2) is 0 Å². The third kappa shape index (κ3) is 29.8. The Hall–Kier alpha value is -0.170. The van der Waals surface area contributed by atoms with Crippen molar-refractivity contribution in [3.63, 3.8) is 0 Å². The number of hydrogen-bond donors (Lipinski definition) is 2. The Labute approximate surface area is 150 Å². The molecule has 0 aliphatic rings. The van der Waals surface area contributed by atoms with Crippen molar-refractivity contribution in [1.29, 1.82) is 0 Å². The minimum absolute atomic E-state index is 0.0289. The van der Waals surface area contributed by atoms with Gasteiger partial charge in [-0.25, -0.2) is 4.18 Å². The molecule has 0 rings (SSSR count). The van der Waals surface area contributed by atoms with Crippen LogP contribution >= 0.6 is 0 Å². The van der Waals surface area contributed by atoms with E-state index in [4.69, 9.17) is 4.55 Å². The van der Waals surface area contributed by atoms with E-state index < -0.39 is 10.4 Å². The molecule has 0 amide bonds. The average molecular weight is 368 g/mol. The molecule has 148 valence electrons. The zero-order valence-corrected chi connectivity index (χ0v) is 17.4. The van der Waals surface area contributed by atoms with E-state index in [2.05, 4.69) is 37.2 Å². The van der Waals surface area contributed by atoms with E-state index in [0.717, 1.165) is 0 Å². The van der Waals surface area contributed by atoms with Crippen molar-refractivity contribution in [2.45, 2.75) is 104 Å². The zero-order chi connectivity index (χ0) is 18.9. The monoisotopic (exact) mass is 367 g/mol. The van der Waals surface area contributed by atoms with Gasteiger partial charge in [-0.15, -0.1) is 0 Å². The largest absolute Gasteiger partial charge is 0.397 e. The van der Waals surface area contributed by atoms with Crippen LogP contribution in [0.5, 0.6) is 0 Å². The van der Waals surface area contributed by atoms with E-state index >= 15 is 0 Å². The van der Waals surface area contributed by atoms with Gasteiger partial charge in [0.25, 0.3) is 0 Å². The van der Waals surface area contributed by atoms with Crippen LogP contribution in [-0.4, -0.2) is 31.7 Å². The fourth-order valence-electron chi connectivity index (χ4n) is 2.22. The van der Waals surface area contributed by atoms with Crippen molar-refractivity contribution in [2.75, 3.05) is 13.2 Å². The van der Waals surface area contributed by atoms with Gasteiger partial charge in [0.05, 0.1) is 6.61 Å². The van der Waals surface area contributed by atoms with Crippen LogP contribution in [0.2, 0.25) is 0 Å². The van der Waals surface area contributed by atoms with Crippen LogP contribution in [0, 0.1) is 0 Å². The Kier molecular flexibility index (Phi) is 17.7. The lowest BCUT2D eigenvalue weighted by Gasteiger charge is -2.20. The van der Waals surface area contributed by atoms with E-state index in [1.165, 1.54) is 77.7 Å². The van der Waals surface area contributed by atoms with Gasteiger partial charge >= 0.3 is 10.4 Å². The summed E-state index contributed by atoms with van der Waals surface area (Å²) in [6.45, 7) is 11.6. The Balaban J connectivity index is 0. The van der Waals surface area contributed by atoms with Gasteiger partial charge in [-0.1, -0.05) is 64.7 Å². The predicted molar refractivity (Wildman–Crippen MR) is 103 cm³/mol. The van der Waals surface area contributed by atoms with Gasteiger partial charge in [0.2, 0.25) is 0 Å². The molecule has 0 radical (unpaired) electrons. The summed E-state index contributed by atoms with van der Waals surface area (Å²) in [6.07, 6.45) is 14.2. The second kappa shape index (κ2) is 16.3. The molecule has 0 aromatic rings.